The summed E-state index contributed by atoms with van der Waals surface area (Å²) >= 11 is 0. The molecule has 1 fully saturated rings. The lowest BCUT2D eigenvalue weighted by Gasteiger charge is -2.32. The van der Waals surface area contributed by atoms with Crippen LogP contribution in [0.15, 0.2) is 29.1 Å². The Morgan fingerprint density at radius 3 is 2.73 bits per heavy atom. The number of carbonyl (C=O) groups is 2. The van der Waals surface area contributed by atoms with E-state index in [0.29, 0.717) is 32.5 Å². The fourth-order valence-corrected chi connectivity index (χ4v) is 3.41. The van der Waals surface area contributed by atoms with Crippen LogP contribution in [0, 0.1) is 0 Å². The van der Waals surface area contributed by atoms with Crippen LogP contribution in [0.3, 0.4) is 0 Å². The molecule has 3 rings (SSSR count). The number of nitrogens with zero attached hydrogens (tertiary/aromatic N) is 2. The van der Waals surface area contributed by atoms with E-state index < -0.39 is 0 Å². The minimum Gasteiger partial charge on any atom is -0.469 e. The average molecular weight is 360 g/mol. The maximum absolute atomic E-state index is 12.3. The molecule has 8 nitrogen and oxygen atoms in total. The number of hydrogen-bond donors (Lipinski definition) is 2. The van der Waals surface area contributed by atoms with Gasteiger partial charge in [-0.15, -0.1) is 0 Å². The first-order valence-electron chi connectivity index (χ1n) is 8.89. The number of imidazole rings is 1. The third-order valence-corrected chi connectivity index (χ3v) is 4.80. The zero-order chi connectivity index (χ0) is 18.5. The van der Waals surface area contributed by atoms with Gasteiger partial charge in [-0.1, -0.05) is 12.1 Å². The van der Waals surface area contributed by atoms with Gasteiger partial charge in [0.15, 0.2) is 0 Å². The molecule has 8 heteroatoms. The van der Waals surface area contributed by atoms with E-state index in [-0.39, 0.29) is 23.7 Å². The maximum Gasteiger partial charge on any atom is 0.326 e. The number of piperidine rings is 1. The van der Waals surface area contributed by atoms with Crippen LogP contribution >= 0.6 is 0 Å². The normalized spacial score (nSPS) is 15.2. The number of fused-ring (bicyclic) bond motifs is 1. The Balaban J connectivity index is 1.52. The molecule has 0 atom stereocenters. The summed E-state index contributed by atoms with van der Waals surface area (Å²) in [6.45, 7) is 1.63. The van der Waals surface area contributed by atoms with E-state index in [1.54, 1.807) is 9.47 Å². The number of nitrogens with one attached hydrogen (secondary N) is 2. The topological polar surface area (TPSA) is 96.4 Å². The van der Waals surface area contributed by atoms with Crippen LogP contribution in [-0.4, -0.2) is 53.2 Å². The van der Waals surface area contributed by atoms with Crippen molar-refractivity contribution >= 4 is 23.0 Å². The second kappa shape index (κ2) is 8.07. The third kappa shape index (κ3) is 3.89. The molecular formula is C18H24N4O4. The van der Waals surface area contributed by atoms with Gasteiger partial charge in [0.1, 0.15) is 0 Å². The highest BCUT2D eigenvalue weighted by Crippen LogP contribution is 2.24. The van der Waals surface area contributed by atoms with Crippen molar-refractivity contribution in [2.75, 3.05) is 26.7 Å². The molecule has 1 aliphatic rings. The predicted molar refractivity (Wildman–Crippen MR) is 97.1 cm³/mol. The second-order valence-corrected chi connectivity index (χ2v) is 6.45. The third-order valence-electron chi connectivity index (χ3n) is 4.80. The summed E-state index contributed by atoms with van der Waals surface area (Å²) in [5.74, 6) is -0.274. The smallest absolute Gasteiger partial charge is 0.326 e. The number of amides is 2. The van der Waals surface area contributed by atoms with E-state index in [4.69, 9.17) is 0 Å². The minimum absolute atomic E-state index is 0.0852. The van der Waals surface area contributed by atoms with Gasteiger partial charge in [-0.3, -0.25) is 9.36 Å². The molecule has 0 unspecified atom stereocenters. The van der Waals surface area contributed by atoms with Gasteiger partial charge in [0.2, 0.25) is 0 Å². The van der Waals surface area contributed by atoms with Crippen molar-refractivity contribution in [2.45, 2.75) is 31.7 Å². The summed E-state index contributed by atoms with van der Waals surface area (Å²) in [5.41, 5.74) is 1.64. The number of para-hydroxylation sites is 2. The zero-order valence-electron chi connectivity index (χ0n) is 14.9. The molecule has 0 bridgehead atoms. The Hall–Kier alpha value is -2.77. The van der Waals surface area contributed by atoms with Crippen LogP contribution in [0.4, 0.5) is 4.79 Å². The number of benzene rings is 1. The van der Waals surface area contributed by atoms with Crippen molar-refractivity contribution in [3.63, 3.8) is 0 Å². The molecule has 0 radical (unpaired) electrons. The standard InChI is InChI=1S/C18H24N4O4/c1-26-16(23)7-4-10-19-17(24)21-11-8-13(9-12-21)22-15-6-3-2-5-14(15)20-18(22)25/h2-3,5-6,13H,4,7-12H2,1H3,(H,19,24)(H,20,25). The maximum atomic E-state index is 12.3. The highest BCUT2D eigenvalue weighted by molar-refractivity contribution is 5.75. The molecule has 0 saturated carbocycles. The van der Waals surface area contributed by atoms with Gasteiger partial charge in [-0.2, -0.15) is 0 Å². The Bertz CT molecular complexity index is 833. The number of rotatable bonds is 5. The molecule has 2 aromatic rings. The van der Waals surface area contributed by atoms with E-state index in [0.717, 1.165) is 23.9 Å². The monoisotopic (exact) mass is 360 g/mol. The first-order chi connectivity index (χ1) is 12.6. The van der Waals surface area contributed by atoms with Crippen LogP contribution in [0.2, 0.25) is 0 Å². The summed E-state index contributed by atoms with van der Waals surface area (Å²) < 4.78 is 6.37. The molecule has 2 amide bonds. The van der Waals surface area contributed by atoms with Gasteiger partial charge in [-0.25, -0.2) is 9.59 Å². The van der Waals surface area contributed by atoms with Crippen molar-refractivity contribution < 1.29 is 14.3 Å². The molecule has 1 aliphatic heterocycles. The van der Waals surface area contributed by atoms with Gasteiger partial charge in [0.05, 0.1) is 18.1 Å². The lowest BCUT2D eigenvalue weighted by Crippen LogP contribution is -2.45. The molecule has 2 N–H and O–H groups in total. The highest BCUT2D eigenvalue weighted by atomic mass is 16.5. The molecule has 0 aliphatic carbocycles. The molecule has 1 saturated heterocycles. The van der Waals surface area contributed by atoms with Crippen LogP contribution in [0.5, 0.6) is 0 Å². The van der Waals surface area contributed by atoms with E-state index in [1.807, 2.05) is 24.3 Å². The Labute approximate surface area is 151 Å². The average Bonchev–Trinajstić information content (AvgIpc) is 3.00. The van der Waals surface area contributed by atoms with Crippen molar-refractivity contribution in [3.05, 3.63) is 34.7 Å². The number of ether oxygens (including phenoxy) is 1. The number of H-pyrrole nitrogens is 1. The minimum atomic E-state index is -0.274. The first kappa shape index (κ1) is 18.0. The Kier molecular flexibility index (Phi) is 5.60. The van der Waals surface area contributed by atoms with Crippen LogP contribution in [0.1, 0.15) is 31.7 Å². The molecule has 1 aromatic carbocycles. The molecule has 26 heavy (non-hydrogen) atoms. The summed E-state index contributed by atoms with van der Waals surface area (Å²) in [5, 5.41) is 2.83. The number of carbonyl (C=O) groups excluding carboxylic acids is 2. The second-order valence-electron chi connectivity index (χ2n) is 6.45. The largest absolute Gasteiger partial charge is 0.469 e. The van der Waals surface area contributed by atoms with Crippen LogP contribution in [-0.2, 0) is 9.53 Å². The number of aromatic nitrogens is 2. The van der Waals surface area contributed by atoms with Crippen LogP contribution < -0.4 is 11.0 Å². The van der Waals surface area contributed by atoms with Crippen molar-refractivity contribution in [3.8, 4) is 0 Å². The summed E-state index contributed by atoms with van der Waals surface area (Å²) in [4.78, 5) is 40.2. The lowest BCUT2D eigenvalue weighted by molar-refractivity contribution is -0.140. The van der Waals surface area contributed by atoms with E-state index >= 15 is 0 Å². The Morgan fingerprint density at radius 1 is 1.27 bits per heavy atom. The molecule has 2 heterocycles. The first-order valence-corrected chi connectivity index (χ1v) is 8.89. The van der Waals surface area contributed by atoms with E-state index in [9.17, 15) is 14.4 Å². The number of aromatic amines is 1. The number of likely N-dealkylation sites (tertiary alicyclic amines) is 1. The highest BCUT2D eigenvalue weighted by Gasteiger charge is 2.25. The van der Waals surface area contributed by atoms with Crippen LogP contribution in [0.25, 0.3) is 11.0 Å². The molecule has 1 aromatic heterocycles. The molecule has 140 valence electrons. The van der Waals surface area contributed by atoms with E-state index in [1.165, 1.54) is 7.11 Å². The summed E-state index contributed by atoms with van der Waals surface area (Å²) in [6, 6.07) is 7.61. The number of esters is 1. The molecular weight excluding hydrogens is 336 g/mol. The Morgan fingerprint density at radius 2 is 2.00 bits per heavy atom. The number of methoxy groups -OCH3 is 1. The summed E-state index contributed by atoms with van der Waals surface area (Å²) in [7, 11) is 1.35. The van der Waals surface area contributed by atoms with Gasteiger partial charge < -0.3 is 19.9 Å². The quantitative estimate of drug-likeness (QED) is 0.626. The van der Waals surface area contributed by atoms with Gasteiger partial charge in [0, 0.05) is 32.1 Å². The fourth-order valence-electron chi connectivity index (χ4n) is 3.41. The summed E-state index contributed by atoms with van der Waals surface area (Å²) in [6.07, 6.45) is 2.32. The van der Waals surface area contributed by atoms with Crippen molar-refractivity contribution in [2.24, 2.45) is 0 Å². The van der Waals surface area contributed by atoms with Gasteiger partial charge >= 0.3 is 17.7 Å². The molecule has 0 spiro atoms. The number of hydrogen-bond acceptors (Lipinski definition) is 4. The van der Waals surface area contributed by atoms with E-state index in [2.05, 4.69) is 15.0 Å². The SMILES string of the molecule is COC(=O)CCCNC(=O)N1CCC(n2c(=O)[nH]c3ccccc32)CC1. The lowest BCUT2D eigenvalue weighted by atomic mass is 10.0. The van der Waals surface area contributed by atoms with Crippen molar-refractivity contribution in [1.29, 1.82) is 0 Å². The van der Waals surface area contributed by atoms with Gasteiger partial charge in [0.25, 0.3) is 0 Å². The number of urea groups is 1. The predicted octanol–water partition coefficient (Wildman–Crippen LogP) is 1.63. The van der Waals surface area contributed by atoms with Gasteiger partial charge in [-0.05, 0) is 31.4 Å². The zero-order valence-corrected chi connectivity index (χ0v) is 14.9. The van der Waals surface area contributed by atoms with Crippen molar-refractivity contribution in [1.82, 2.24) is 19.8 Å². The fraction of sp³-hybridized carbons (Fsp3) is 0.500.